The number of nitrogens with one attached hydrogen (secondary N) is 2. The second kappa shape index (κ2) is 5.50. The van der Waals surface area contributed by atoms with Crippen molar-refractivity contribution in [3.8, 4) is 0 Å². The van der Waals surface area contributed by atoms with Crippen LogP contribution in [-0.4, -0.2) is 23.5 Å². The van der Waals surface area contributed by atoms with Crippen molar-refractivity contribution in [3.63, 3.8) is 0 Å². The number of nitrogens with zero attached hydrogens (tertiary/aromatic N) is 2. The second-order valence-corrected chi connectivity index (χ2v) is 6.07. The van der Waals surface area contributed by atoms with Crippen molar-refractivity contribution in [2.75, 3.05) is 5.73 Å². The third kappa shape index (κ3) is 3.17. The average Bonchev–Trinajstić information content (AvgIpc) is 2.92. The van der Waals surface area contributed by atoms with Crippen LogP contribution in [0, 0.1) is 10.1 Å². The van der Waals surface area contributed by atoms with Gasteiger partial charge in [-0.05, 0) is 19.1 Å². The van der Waals surface area contributed by atoms with Crippen molar-refractivity contribution in [3.05, 3.63) is 46.3 Å². The van der Waals surface area contributed by atoms with E-state index in [0.29, 0.717) is 5.56 Å². The molecule has 0 radical (unpaired) electrons. The number of anilines is 1. The van der Waals surface area contributed by atoms with Crippen LogP contribution in [0.5, 0.6) is 0 Å². The van der Waals surface area contributed by atoms with Gasteiger partial charge in [0, 0.05) is 23.9 Å². The van der Waals surface area contributed by atoms with Gasteiger partial charge in [-0.25, -0.2) is 13.1 Å². The zero-order chi connectivity index (χ0) is 15.6. The SMILES string of the molecule is CC(NS(=O)(=O)c1ccc(N)c([N+](=O)[O-])c1)c1cn[nH]c1. The highest BCUT2D eigenvalue weighted by Crippen LogP contribution is 2.25. The van der Waals surface area contributed by atoms with Crippen molar-refractivity contribution in [1.29, 1.82) is 0 Å². The predicted molar refractivity (Wildman–Crippen MR) is 74.8 cm³/mol. The van der Waals surface area contributed by atoms with Gasteiger partial charge in [0.15, 0.2) is 0 Å². The molecule has 2 rings (SSSR count). The lowest BCUT2D eigenvalue weighted by molar-refractivity contribution is -0.384. The number of hydrogen-bond donors (Lipinski definition) is 3. The molecule has 21 heavy (non-hydrogen) atoms. The maximum absolute atomic E-state index is 12.2. The van der Waals surface area contributed by atoms with Gasteiger partial charge in [-0.1, -0.05) is 0 Å². The van der Waals surface area contributed by atoms with E-state index in [2.05, 4.69) is 14.9 Å². The first-order valence-corrected chi connectivity index (χ1v) is 7.34. The van der Waals surface area contributed by atoms with Gasteiger partial charge in [-0.15, -0.1) is 0 Å². The fourth-order valence-corrected chi connectivity index (χ4v) is 2.97. The molecule has 1 aromatic heterocycles. The Morgan fingerprint density at radius 2 is 2.19 bits per heavy atom. The largest absolute Gasteiger partial charge is 0.393 e. The Bertz CT molecular complexity index is 757. The molecule has 10 heteroatoms. The van der Waals surface area contributed by atoms with Crippen LogP contribution in [0.1, 0.15) is 18.5 Å². The Morgan fingerprint density at radius 3 is 2.76 bits per heavy atom. The van der Waals surface area contributed by atoms with Crippen LogP contribution in [0.25, 0.3) is 0 Å². The highest BCUT2D eigenvalue weighted by molar-refractivity contribution is 7.89. The molecule has 112 valence electrons. The first kappa shape index (κ1) is 14.9. The summed E-state index contributed by atoms with van der Waals surface area (Å²) < 4.78 is 26.8. The van der Waals surface area contributed by atoms with Crippen LogP contribution in [0.2, 0.25) is 0 Å². The van der Waals surface area contributed by atoms with Crippen LogP contribution in [0.15, 0.2) is 35.5 Å². The van der Waals surface area contributed by atoms with E-state index in [1.165, 1.54) is 18.3 Å². The molecular weight excluding hydrogens is 298 g/mol. The first-order chi connectivity index (χ1) is 9.81. The zero-order valence-corrected chi connectivity index (χ0v) is 11.8. The van der Waals surface area contributed by atoms with Crippen LogP contribution in [0.3, 0.4) is 0 Å². The third-order valence-electron chi connectivity index (χ3n) is 2.86. The van der Waals surface area contributed by atoms with Crippen molar-refractivity contribution >= 4 is 21.4 Å². The minimum absolute atomic E-state index is 0.0955. The van der Waals surface area contributed by atoms with Crippen LogP contribution >= 0.6 is 0 Å². The first-order valence-electron chi connectivity index (χ1n) is 5.86. The second-order valence-electron chi connectivity index (χ2n) is 4.35. The highest BCUT2D eigenvalue weighted by Gasteiger charge is 2.22. The van der Waals surface area contributed by atoms with Crippen LogP contribution in [0.4, 0.5) is 11.4 Å². The number of benzene rings is 1. The van der Waals surface area contributed by atoms with Gasteiger partial charge in [0.25, 0.3) is 5.69 Å². The van der Waals surface area contributed by atoms with E-state index in [4.69, 9.17) is 5.73 Å². The molecule has 0 aliphatic heterocycles. The molecule has 2 aromatic rings. The molecule has 1 heterocycles. The molecule has 0 spiro atoms. The summed E-state index contributed by atoms with van der Waals surface area (Å²) in [5, 5.41) is 17.1. The number of H-pyrrole nitrogens is 1. The van der Waals surface area contributed by atoms with E-state index in [-0.39, 0.29) is 10.6 Å². The molecule has 1 aromatic carbocycles. The molecule has 9 nitrogen and oxygen atoms in total. The van der Waals surface area contributed by atoms with E-state index < -0.39 is 26.7 Å². The average molecular weight is 311 g/mol. The number of rotatable bonds is 5. The number of nitro benzene ring substituents is 1. The van der Waals surface area contributed by atoms with Crippen LogP contribution in [-0.2, 0) is 10.0 Å². The number of nitrogen functional groups attached to an aromatic ring is 1. The number of nitrogens with two attached hydrogens (primary N) is 1. The standard InChI is InChI=1S/C11H13N5O4S/c1-7(8-5-13-14-6-8)15-21(19,20)9-2-3-10(12)11(4-9)16(17)18/h2-7,15H,12H2,1H3,(H,13,14). The summed E-state index contributed by atoms with van der Waals surface area (Å²) in [5.41, 5.74) is 5.54. The van der Waals surface area contributed by atoms with Crippen molar-refractivity contribution in [2.45, 2.75) is 17.9 Å². The van der Waals surface area contributed by atoms with E-state index >= 15 is 0 Å². The Labute approximate surface area is 120 Å². The quantitative estimate of drug-likeness (QED) is 0.426. The Morgan fingerprint density at radius 1 is 1.48 bits per heavy atom. The lowest BCUT2D eigenvalue weighted by Gasteiger charge is -2.12. The van der Waals surface area contributed by atoms with Gasteiger partial charge in [-0.2, -0.15) is 5.10 Å². The fourth-order valence-electron chi connectivity index (χ4n) is 1.72. The minimum Gasteiger partial charge on any atom is -0.393 e. The molecule has 1 atom stereocenters. The third-order valence-corrected chi connectivity index (χ3v) is 4.40. The number of nitro groups is 1. The predicted octanol–water partition coefficient (Wildman–Crippen LogP) is 0.940. The van der Waals surface area contributed by atoms with Crippen molar-refractivity contribution in [1.82, 2.24) is 14.9 Å². The molecule has 4 N–H and O–H groups in total. The van der Waals surface area contributed by atoms with E-state index in [1.807, 2.05) is 0 Å². The van der Waals surface area contributed by atoms with Crippen molar-refractivity contribution < 1.29 is 13.3 Å². The van der Waals surface area contributed by atoms with Crippen LogP contribution < -0.4 is 10.5 Å². The molecule has 0 amide bonds. The Kier molecular flexibility index (Phi) is 3.91. The number of hydrogen-bond acceptors (Lipinski definition) is 6. The summed E-state index contributed by atoms with van der Waals surface area (Å²) in [6.45, 7) is 1.63. The molecule has 1 unspecified atom stereocenters. The van der Waals surface area contributed by atoms with E-state index in [9.17, 15) is 18.5 Å². The van der Waals surface area contributed by atoms with E-state index in [0.717, 1.165) is 6.07 Å². The molecule has 0 aliphatic carbocycles. The topological polar surface area (TPSA) is 144 Å². The number of sulfonamides is 1. The summed E-state index contributed by atoms with van der Waals surface area (Å²) >= 11 is 0. The zero-order valence-electron chi connectivity index (χ0n) is 11.0. The molecular formula is C11H13N5O4S. The van der Waals surface area contributed by atoms with Crippen molar-refractivity contribution in [2.24, 2.45) is 0 Å². The van der Waals surface area contributed by atoms with E-state index in [1.54, 1.807) is 13.1 Å². The molecule has 0 fully saturated rings. The lowest BCUT2D eigenvalue weighted by Crippen LogP contribution is -2.26. The Hall–Kier alpha value is -2.46. The summed E-state index contributed by atoms with van der Waals surface area (Å²) in [6.07, 6.45) is 3.04. The molecule has 0 aliphatic rings. The monoisotopic (exact) mass is 311 g/mol. The van der Waals surface area contributed by atoms with Gasteiger partial charge in [0.1, 0.15) is 5.69 Å². The maximum atomic E-state index is 12.2. The lowest BCUT2D eigenvalue weighted by atomic mass is 10.2. The summed E-state index contributed by atoms with van der Waals surface area (Å²) in [4.78, 5) is 9.86. The summed E-state index contributed by atoms with van der Waals surface area (Å²) in [6, 6.07) is 2.80. The normalized spacial score (nSPS) is 13.0. The fraction of sp³-hybridized carbons (Fsp3) is 0.182. The number of aromatic amines is 1. The van der Waals surface area contributed by atoms with Gasteiger partial charge in [0.05, 0.1) is 16.0 Å². The maximum Gasteiger partial charge on any atom is 0.293 e. The smallest absolute Gasteiger partial charge is 0.293 e. The molecule has 0 bridgehead atoms. The van der Waals surface area contributed by atoms with Gasteiger partial charge in [-0.3, -0.25) is 15.2 Å². The summed E-state index contributed by atoms with van der Waals surface area (Å²) in [7, 11) is -3.91. The van der Waals surface area contributed by atoms with Gasteiger partial charge >= 0.3 is 0 Å². The molecule has 0 saturated heterocycles. The highest BCUT2D eigenvalue weighted by atomic mass is 32.2. The Balaban J connectivity index is 2.32. The van der Waals surface area contributed by atoms with Gasteiger partial charge < -0.3 is 5.73 Å². The number of aromatic nitrogens is 2. The van der Waals surface area contributed by atoms with Gasteiger partial charge in [0.2, 0.25) is 10.0 Å². The minimum atomic E-state index is -3.91. The molecule has 0 saturated carbocycles. The summed E-state index contributed by atoms with van der Waals surface area (Å²) in [5.74, 6) is 0.